The highest BCUT2D eigenvalue weighted by molar-refractivity contribution is 5.83. The molecule has 3 saturated heterocycles. The van der Waals surface area contributed by atoms with Crippen LogP contribution in [0.2, 0.25) is 0 Å². The molecule has 3 heterocycles. The van der Waals surface area contributed by atoms with Gasteiger partial charge >= 0.3 is 0 Å². The lowest BCUT2D eigenvalue weighted by Gasteiger charge is -2.30. The Morgan fingerprint density at radius 2 is 1.82 bits per heavy atom. The van der Waals surface area contributed by atoms with E-state index in [4.69, 9.17) is 4.74 Å². The normalized spacial score (nSPS) is 25.4. The molecule has 0 radical (unpaired) electrons. The summed E-state index contributed by atoms with van der Waals surface area (Å²) in [7, 11) is 0. The zero-order valence-corrected chi connectivity index (χ0v) is 16.2. The number of likely N-dealkylation sites (tertiary alicyclic amines) is 2. The molecule has 3 aliphatic rings. The molecule has 0 N–H and O–H groups in total. The molecule has 4 rings (SSSR count). The molecule has 0 saturated carbocycles. The van der Waals surface area contributed by atoms with Gasteiger partial charge in [-0.2, -0.15) is 0 Å². The van der Waals surface area contributed by atoms with Crippen molar-refractivity contribution in [2.75, 3.05) is 45.9 Å². The van der Waals surface area contributed by atoms with Gasteiger partial charge in [0.15, 0.2) is 0 Å². The van der Waals surface area contributed by atoms with Gasteiger partial charge in [-0.25, -0.2) is 4.39 Å². The Morgan fingerprint density at radius 1 is 1.07 bits per heavy atom. The van der Waals surface area contributed by atoms with E-state index < -0.39 is 0 Å². The summed E-state index contributed by atoms with van der Waals surface area (Å²) >= 11 is 0. The molecular formula is C21H28FN3O3. The van der Waals surface area contributed by atoms with E-state index in [-0.39, 0.29) is 29.7 Å². The summed E-state index contributed by atoms with van der Waals surface area (Å²) in [6.07, 6.45) is 2.30. The van der Waals surface area contributed by atoms with Crippen molar-refractivity contribution in [3.8, 4) is 0 Å². The third kappa shape index (κ3) is 4.20. The number of nitrogens with zero attached hydrogens (tertiary/aromatic N) is 3. The summed E-state index contributed by atoms with van der Waals surface area (Å²) in [6, 6.07) is 6.46. The highest BCUT2D eigenvalue weighted by Crippen LogP contribution is 2.32. The summed E-state index contributed by atoms with van der Waals surface area (Å²) in [6.45, 7) is 5.69. The molecular weight excluding hydrogens is 361 g/mol. The molecule has 6 nitrogen and oxygen atoms in total. The molecule has 0 spiro atoms. The van der Waals surface area contributed by atoms with E-state index >= 15 is 0 Å². The Morgan fingerprint density at radius 3 is 2.57 bits per heavy atom. The van der Waals surface area contributed by atoms with Crippen molar-refractivity contribution in [3.63, 3.8) is 0 Å². The van der Waals surface area contributed by atoms with Crippen LogP contribution in [0.25, 0.3) is 0 Å². The largest absolute Gasteiger partial charge is 0.379 e. The van der Waals surface area contributed by atoms with Crippen LogP contribution < -0.4 is 0 Å². The molecule has 2 atom stereocenters. The quantitative estimate of drug-likeness (QED) is 0.736. The number of carbonyl (C=O) groups excluding carboxylic acids is 2. The van der Waals surface area contributed by atoms with Gasteiger partial charge in [-0.05, 0) is 30.5 Å². The van der Waals surface area contributed by atoms with Crippen molar-refractivity contribution in [1.29, 1.82) is 0 Å². The molecule has 28 heavy (non-hydrogen) atoms. The lowest BCUT2D eigenvalue weighted by atomic mass is 10.1. The Hall–Kier alpha value is -1.99. The van der Waals surface area contributed by atoms with E-state index in [1.807, 2.05) is 9.80 Å². The van der Waals surface area contributed by atoms with Gasteiger partial charge in [0.05, 0.1) is 25.3 Å². The van der Waals surface area contributed by atoms with E-state index in [0.29, 0.717) is 19.3 Å². The van der Waals surface area contributed by atoms with Gasteiger partial charge < -0.3 is 14.5 Å². The average Bonchev–Trinajstić information content (AvgIpc) is 3.25. The van der Waals surface area contributed by atoms with Crippen molar-refractivity contribution in [2.24, 2.45) is 0 Å². The number of fused-ring (bicyclic) bond motifs is 1. The molecule has 1 aromatic rings. The van der Waals surface area contributed by atoms with E-state index in [1.54, 1.807) is 12.1 Å². The van der Waals surface area contributed by atoms with Gasteiger partial charge in [0.2, 0.25) is 11.8 Å². The fraction of sp³-hybridized carbons (Fsp3) is 0.619. The fourth-order valence-electron chi connectivity index (χ4n) is 4.65. The minimum absolute atomic E-state index is 0.0120. The van der Waals surface area contributed by atoms with Gasteiger partial charge in [-0.15, -0.1) is 0 Å². The maximum atomic E-state index is 13.0. The first-order valence-corrected chi connectivity index (χ1v) is 10.3. The number of aryl methyl sites for hydroxylation is 1. The number of ether oxygens (including phenoxy) is 1. The van der Waals surface area contributed by atoms with Gasteiger partial charge in [0, 0.05) is 45.6 Å². The number of hydrogen-bond acceptors (Lipinski definition) is 4. The van der Waals surface area contributed by atoms with Gasteiger partial charge in [0.25, 0.3) is 0 Å². The van der Waals surface area contributed by atoms with Crippen molar-refractivity contribution >= 4 is 11.8 Å². The Kier molecular flexibility index (Phi) is 5.92. The highest BCUT2D eigenvalue weighted by atomic mass is 19.1. The molecule has 3 fully saturated rings. The standard InChI is InChI=1S/C21H28FN3O3/c22-17-4-1-16(2-5-17)3-6-20(26)24-8-7-18-19(24)15-21(27)25(18)10-9-23-11-13-28-14-12-23/h1-2,4-5,18-19H,3,6-15H2/t18-,19-/m0/s1. The van der Waals surface area contributed by atoms with Crippen molar-refractivity contribution in [2.45, 2.75) is 37.8 Å². The second kappa shape index (κ2) is 8.57. The Labute approximate surface area is 165 Å². The molecule has 0 bridgehead atoms. The van der Waals surface area contributed by atoms with Crippen LogP contribution in [0.15, 0.2) is 24.3 Å². The molecule has 0 aliphatic carbocycles. The zero-order valence-electron chi connectivity index (χ0n) is 16.2. The molecule has 3 aliphatic heterocycles. The summed E-state index contributed by atoms with van der Waals surface area (Å²) in [4.78, 5) is 31.5. The number of rotatable bonds is 6. The van der Waals surface area contributed by atoms with Crippen molar-refractivity contribution < 1.29 is 18.7 Å². The van der Waals surface area contributed by atoms with E-state index in [0.717, 1.165) is 57.9 Å². The maximum absolute atomic E-state index is 13.0. The van der Waals surface area contributed by atoms with Crippen LogP contribution in [0.4, 0.5) is 4.39 Å². The van der Waals surface area contributed by atoms with E-state index in [1.165, 1.54) is 12.1 Å². The van der Waals surface area contributed by atoms with Crippen LogP contribution >= 0.6 is 0 Å². The van der Waals surface area contributed by atoms with Crippen molar-refractivity contribution in [1.82, 2.24) is 14.7 Å². The molecule has 7 heteroatoms. The van der Waals surface area contributed by atoms with Crippen LogP contribution in [0, 0.1) is 5.82 Å². The molecule has 2 amide bonds. The highest BCUT2D eigenvalue weighted by Gasteiger charge is 2.47. The zero-order chi connectivity index (χ0) is 19.5. The average molecular weight is 389 g/mol. The fourth-order valence-corrected chi connectivity index (χ4v) is 4.65. The Bertz CT molecular complexity index is 705. The predicted molar refractivity (Wildman–Crippen MR) is 102 cm³/mol. The second-order valence-corrected chi connectivity index (χ2v) is 7.88. The lowest BCUT2D eigenvalue weighted by Crippen LogP contribution is -2.45. The van der Waals surface area contributed by atoms with Crippen LogP contribution in [0.1, 0.15) is 24.8 Å². The van der Waals surface area contributed by atoms with Crippen LogP contribution in [-0.4, -0.2) is 84.5 Å². The number of benzene rings is 1. The van der Waals surface area contributed by atoms with Gasteiger partial charge in [-0.1, -0.05) is 12.1 Å². The van der Waals surface area contributed by atoms with Crippen LogP contribution in [0.3, 0.4) is 0 Å². The third-order valence-corrected chi connectivity index (χ3v) is 6.24. The van der Waals surface area contributed by atoms with Crippen LogP contribution in [-0.2, 0) is 20.7 Å². The summed E-state index contributed by atoms with van der Waals surface area (Å²) in [5, 5.41) is 0. The molecule has 0 unspecified atom stereocenters. The number of amides is 2. The molecule has 0 aromatic heterocycles. The smallest absolute Gasteiger partial charge is 0.225 e. The number of morpholine rings is 1. The number of carbonyl (C=O) groups is 2. The first-order valence-electron chi connectivity index (χ1n) is 10.3. The molecule has 152 valence electrons. The summed E-state index contributed by atoms with van der Waals surface area (Å²) in [5.74, 6) is -0.00181. The van der Waals surface area contributed by atoms with E-state index in [9.17, 15) is 14.0 Å². The predicted octanol–water partition coefficient (Wildman–Crippen LogP) is 1.29. The lowest BCUT2D eigenvalue weighted by molar-refractivity contribution is -0.132. The van der Waals surface area contributed by atoms with Gasteiger partial charge in [-0.3, -0.25) is 14.5 Å². The SMILES string of the molecule is O=C1C[C@H]2[C@H](CCN2C(=O)CCc2ccc(F)cc2)N1CCN1CCOCC1. The van der Waals surface area contributed by atoms with Crippen molar-refractivity contribution in [3.05, 3.63) is 35.6 Å². The van der Waals surface area contributed by atoms with Crippen LogP contribution in [0.5, 0.6) is 0 Å². The Balaban J connectivity index is 1.29. The monoisotopic (exact) mass is 389 g/mol. The first-order chi connectivity index (χ1) is 13.6. The number of halogens is 1. The summed E-state index contributed by atoms with van der Waals surface area (Å²) < 4.78 is 18.4. The minimum atomic E-state index is -0.265. The maximum Gasteiger partial charge on any atom is 0.225 e. The third-order valence-electron chi connectivity index (χ3n) is 6.24. The topological polar surface area (TPSA) is 53.1 Å². The molecule has 1 aromatic carbocycles. The second-order valence-electron chi connectivity index (χ2n) is 7.88. The first kappa shape index (κ1) is 19.3. The van der Waals surface area contributed by atoms with E-state index in [2.05, 4.69) is 4.90 Å². The number of hydrogen-bond donors (Lipinski definition) is 0. The minimum Gasteiger partial charge on any atom is -0.379 e. The summed E-state index contributed by atoms with van der Waals surface area (Å²) in [5.41, 5.74) is 0.958. The van der Waals surface area contributed by atoms with Gasteiger partial charge in [0.1, 0.15) is 5.82 Å².